The minimum absolute atomic E-state index is 0.0321. The van der Waals surface area contributed by atoms with Gasteiger partial charge in [-0.15, -0.1) is 0 Å². The topological polar surface area (TPSA) is 30.5 Å². The van der Waals surface area contributed by atoms with Crippen molar-refractivity contribution in [2.75, 3.05) is 19.8 Å². The molecule has 2 saturated heterocycles. The highest BCUT2D eigenvalue weighted by Crippen LogP contribution is 2.33. The van der Waals surface area contributed by atoms with E-state index in [0.717, 1.165) is 44.1 Å². The monoisotopic (exact) mass is 295 g/mol. The summed E-state index contributed by atoms with van der Waals surface area (Å²) < 4.78 is 11.5. The number of hydrogen-bond acceptors (Lipinski definition) is 3. The van der Waals surface area contributed by atoms with Gasteiger partial charge in [0, 0.05) is 36.7 Å². The van der Waals surface area contributed by atoms with E-state index in [4.69, 9.17) is 21.1 Å². The van der Waals surface area contributed by atoms with Crippen LogP contribution < -0.4 is 5.32 Å². The first-order valence-corrected chi connectivity index (χ1v) is 7.78. The molecule has 4 heteroatoms. The molecule has 1 spiro atoms. The molecule has 110 valence electrons. The highest BCUT2D eigenvalue weighted by Gasteiger charge is 2.41. The van der Waals surface area contributed by atoms with E-state index >= 15 is 0 Å². The van der Waals surface area contributed by atoms with Crippen LogP contribution in [0, 0.1) is 0 Å². The molecule has 3 nitrogen and oxygen atoms in total. The fourth-order valence-electron chi connectivity index (χ4n) is 3.23. The normalized spacial score (nSPS) is 31.6. The number of nitrogens with one attached hydrogen (secondary N) is 1. The minimum atomic E-state index is -0.0321. The SMILES string of the molecule is CC(NC1CCOC2(CCOC2)C1)c1ccc(Cl)cc1. The smallest absolute Gasteiger partial charge is 0.0951 e. The quantitative estimate of drug-likeness (QED) is 0.928. The molecule has 20 heavy (non-hydrogen) atoms. The van der Waals surface area contributed by atoms with Crippen molar-refractivity contribution in [3.05, 3.63) is 34.9 Å². The van der Waals surface area contributed by atoms with Gasteiger partial charge in [0.15, 0.2) is 0 Å². The lowest BCUT2D eigenvalue weighted by molar-refractivity contribution is -0.0902. The van der Waals surface area contributed by atoms with E-state index in [9.17, 15) is 0 Å². The van der Waals surface area contributed by atoms with E-state index in [0.29, 0.717) is 12.1 Å². The van der Waals surface area contributed by atoms with Crippen molar-refractivity contribution < 1.29 is 9.47 Å². The summed E-state index contributed by atoms with van der Waals surface area (Å²) >= 11 is 5.94. The van der Waals surface area contributed by atoms with E-state index in [1.807, 2.05) is 12.1 Å². The summed E-state index contributed by atoms with van der Waals surface area (Å²) in [5.41, 5.74) is 1.24. The van der Waals surface area contributed by atoms with E-state index in [1.165, 1.54) is 5.56 Å². The third kappa shape index (κ3) is 3.17. The van der Waals surface area contributed by atoms with E-state index in [1.54, 1.807) is 0 Å². The van der Waals surface area contributed by atoms with Crippen LogP contribution >= 0.6 is 11.6 Å². The maximum absolute atomic E-state index is 5.98. The van der Waals surface area contributed by atoms with Crippen LogP contribution in [0.15, 0.2) is 24.3 Å². The zero-order chi connectivity index (χ0) is 14.0. The molecular weight excluding hydrogens is 274 g/mol. The Morgan fingerprint density at radius 1 is 1.30 bits per heavy atom. The molecule has 3 unspecified atom stereocenters. The van der Waals surface area contributed by atoms with Crippen LogP contribution in [0.25, 0.3) is 0 Å². The number of rotatable bonds is 3. The zero-order valence-corrected chi connectivity index (χ0v) is 12.7. The first-order chi connectivity index (χ1) is 9.67. The average Bonchev–Trinajstić information content (AvgIpc) is 2.87. The van der Waals surface area contributed by atoms with Crippen LogP contribution in [0.4, 0.5) is 0 Å². The Balaban J connectivity index is 1.60. The van der Waals surface area contributed by atoms with Gasteiger partial charge in [0.05, 0.1) is 12.2 Å². The lowest BCUT2D eigenvalue weighted by atomic mass is 9.89. The second-order valence-electron chi connectivity index (χ2n) is 5.96. The average molecular weight is 296 g/mol. The van der Waals surface area contributed by atoms with Crippen LogP contribution in [-0.4, -0.2) is 31.5 Å². The molecule has 2 heterocycles. The number of ether oxygens (including phenoxy) is 2. The Kier molecular flexibility index (Phi) is 4.32. The molecule has 2 aliphatic heterocycles. The number of halogens is 1. The molecule has 3 atom stereocenters. The Labute approximate surface area is 125 Å². The molecule has 0 aromatic heterocycles. The highest BCUT2D eigenvalue weighted by molar-refractivity contribution is 6.30. The van der Waals surface area contributed by atoms with Crippen molar-refractivity contribution in [3.63, 3.8) is 0 Å². The fraction of sp³-hybridized carbons (Fsp3) is 0.625. The minimum Gasteiger partial charge on any atom is -0.378 e. The van der Waals surface area contributed by atoms with Gasteiger partial charge in [-0.25, -0.2) is 0 Å². The van der Waals surface area contributed by atoms with Crippen molar-refractivity contribution in [1.82, 2.24) is 5.32 Å². The predicted octanol–water partition coefficient (Wildman–Crippen LogP) is 3.33. The molecule has 1 aromatic rings. The van der Waals surface area contributed by atoms with E-state index in [-0.39, 0.29) is 5.60 Å². The Bertz CT molecular complexity index is 442. The third-order valence-corrected chi connectivity index (χ3v) is 4.67. The van der Waals surface area contributed by atoms with Crippen molar-refractivity contribution in [2.45, 2.75) is 43.9 Å². The third-order valence-electron chi connectivity index (χ3n) is 4.42. The van der Waals surface area contributed by atoms with Gasteiger partial charge in [-0.1, -0.05) is 23.7 Å². The molecule has 2 fully saturated rings. The largest absolute Gasteiger partial charge is 0.378 e. The van der Waals surface area contributed by atoms with E-state index < -0.39 is 0 Å². The Morgan fingerprint density at radius 2 is 2.10 bits per heavy atom. The van der Waals surface area contributed by atoms with Gasteiger partial charge >= 0.3 is 0 Å². The van der Waals surface area contributed by atoms with Crippen LogP contribution in [-0.2, 0) is 9.47 Å². The molecule has 1 N–H and O–H groups in total. The molecule has 0 saturated carbocycles. The zero-order valence-electron chi connectivity index (χ0n) is 11.9. The Hall–Kier alpha value is -0.610. The summed E-state index contributed by atoms with van der Waals surface area (Å²) in [6.07, 6.45) is 3.14. The second kappa shape index (κ2) is 6.02. The Morgan fingerprint density at radius 3 is 2.80 bits per heavy atom. The van der Waals surface area contributed by atoms with Gasteiger partial charge in [0.25, 0.3) is 0 Å². The summed E-state index contributed by atoms with van der Waals surface area (Å²) in [7, 11) is 0. The second-order valence-corrected chi connectivity index (χ2v) is 6.40. The van der Waals surface area contributed by atoms with Crippen LogP contribution in [0.3, 0.4) is 0 Å². The summed E-state index contributed by atoms with van der Waals surface area (Å²) in [5, 5.41) is 4.51. The summed E-state index contributed by atoms with van der Waals surface area (Å²) in [4.78, 5) is 0. The first kappa shape index (κ1) is 14.3. The maximum Gasteiger partial charge on any atom is 0.0951 e. The van der Waals surface area contributed by atoms with Gasteiger partial charge in [-0.2, -0.15) is 0 Å². The molecule has 3 rings (SSSR count). The standard InChI is InChI=1S/C16H22ClNO2/c1-12(13-2-4-14(17)5-3-13)18-15-6-8-20-16(10-15)7-9-19-11-16/h2-5,12,15,18H,6-11H2,1H3. The maximum atomic E-state index is 5.98. The fourth-order valence-corrected chi connectivity index (χ4v) is 3.36. The highest BCUT2D eigenvalue weighted by atomic mass is 35.5. The first-order valence-electron chi connectivity index (χ1n) is 7.40. The molecule has 0 bridgehead atoms. The molecular formula is C16H22ClNO2. The lowest BCUT2D eigenvalue weighted by Gasteiger charge is -2.38. The predicted molar refractivity (Wildman–Crippen MR) is 80.1 cm³/mol. The van der Waals surface area contributed by atoms with Crippen molar-refractivity contribution >= 4 is 11.6 Å². The lowest BCUT2D eigenvalue weighted by Crippen LogP contribution is -2.48. The number of benzene rings is 1. The van der Waals surface area contributed by atoms with Gasteiger partial charge in [0.1, 0.15) is 0 Å². The molecule has 0 radical (unpaired) electrons. The molecule has 0 amide bonds. The van der Waals surface area contributed by atoms with Gasteiger partial charge in [0.2, 0.25) is 0 Å². The van der Waals surface area contributed by atoms with Crippen molar-refractivity contribution in [3.8, 4) is 0 Å². The van der Waals surface area contributed by atoms with Gasteiger partial charge in [-0.05, 0) is 37.5 Å². The van der Waals surface area contributed by atoms with Crippen molar-refractivity contribution in [1.29, 1.82) is 0 Å². The van der Waals surface area contributed by atoms with Crippen molar-refractivity contribution in [2.24, 2.45) is 0 Å². The van der Waals surface area contributed by atoms with Crippen LogP contribution in [0.2, 0.25) is 5.02 Å². The number of hydrogen-bond donors (Lipinski definition) is 1. The summed E-state index contributed by atoms with van der Waals surface area (Å²) in [6.45, 7) is 4.62. The summed E-state index contributed by atoms with van der Waals surface area (Å²) in [6, 6.07) is 8.91. The van der Waals surface area contributed by atoms with Gasteiger partial charge < -0.3 is 14.8 Å². The molecule has 1 aromatic carbocycles. The summed E-state index contributed by atoms with van der Waals surface area (Å²) in [5.74, 6) is 0. The van der Waals surface area contributed by atoms with Crippen LogP contribution in [0.5, 0.6) is 0 Å². The van der Waals surface area contributed by atoms with Gasteiger partial charge in [-0.3, -0.25) is 0 Å². The van der Waals surface area contributed by atoms with E-state index in [2.05, 4.69) is 24.4 Å². The molecule has 0 aliphatic carbocycles. The van der Waals surface area contributed by atoms with Crippen LogP contribution in [0.1, 0.15) is 37.8 Å². The molecule has 2 aliphatic rings.